The van der Waals surface area contributed by atoms with E-state index in [4.69, 9.17) is 0 Å². The molecule has 0 radical (unpaired) electrons. The molecule has 1 aliphatic rings. The smallest absolute Gasteiger partial charge is 0.132 e. The summed E-state index contributed by atoms with van der Waals surface area (Å²) in [5.41, 5.74) is 0. The molecule has 1 fully saturated rings. The van der Waals surface area contributed by atoms with E-state index in [1.54, 1.807) is 10.9 Å². The van der Waals surface area contributed by atoms with Crippen molar-refractivity contribution in [1.29, 1.82) is 0 Å². The second-order valence-corrected chi connectivity index (χ2v) is 5.23. The summed E-state index contributed by atoms with van der Waals surface area (Å²) in [4.78, 5) is 2.19. The van der Waals surface area contributed by atoms with Crippen molar-refractivity contribution in [3.63, 3.8) is 0 Å². The number of aromatic nitrogens is 2. The summed E-state index contributed by atoms with van der Waals surface area (Å²) in [6.45, 7) is 3.03. The van der Waals surface area contributed by atoms with Crippen LogP contribution in [0.5, 0.6) is 0 Å². The minimum Gasteiger partial charge on any atom is -0.300 e. The molecule has 1 unspecified atom stereocenters. The summed E-state index contributed by atoms with van der Waals surface area (Å²) in [5.74, 6) is 0. The minimum absolute atomic E-state index is 0.375. The Labute approximate surface area is 103 Å². The number of alkyl halides is 1. The topological polar surface area (TPSA) is 21.1 Å². The first-order valence-corrected chi connectivity index (χ1v) is 6.36. The Morgan fingerprint density at radius 2 is 2.13 bits per heavy atom. The van der Waals surface area contributed by atoms with E-state index in [9.17, 15) is 4.39 Å². The van der Waals surface area contributed by atoms with E-state index in [1.807, 2.05) is 6.20 Å². The summed E-state index contributed by atoms with van der Waals surface area (Å²) >= 11 is 2.18. The fourth-order valence-electron chi connectivity index (χ4n) is 1.94. The van der Waals surface area contributed by atoms with Gasteiger partial charge in [-0.05, 0) is 48.5 Å². The van der Waals surface area contributed by atoms with E-state index in [-0.39, 0.29) is 0 Å². The van der Waals surface area contributed by atoms with Gasteiger partial charge in [-0.15, -0.1) is 0 Å². The average Bonchev–Trinajstić information content (AvgIpc) is 2.77. The standard InChI is InChI=1S/C10H15FIN3/c11-9(6-14-3-1-2-4-14)7-15-8-10(12)5-13-15/h5,8-9H,1-4,6-7H2. The van der Waals surface area contributed by atoms with Gasteiger partial charge in [-0.1, -0.05) is 0 Å². The molecule has 0 N–H and O–H groups in total. The maximum atomic E-state index is 13.6. The predicted octanol–water partition coefficient (Wildman–Crippen LogP) is 1.92. The largest absolute Gasteiger partial charge is 0.300 e. The Kier molecular flexibility index (Phi) is 3.96. The molecule has 0 spiro atoms. The van der Waals surface area contributed by atoms with Crippen molar-refractivity contribution < 1.29 is 4.39 Å². The van der Waals surface area contributed by atoms with Crippen molar-refractivity contribution in [1.82, 2.24) is 14.7 Å². The number of hydrogen-bond acceptors (Lipinski definition) is 2. The fraction of sp³-hybridized carbons (Fsp3) is 0.700. The van der Waals surface area contributed by atoms with Gasteiger partial charge in [-0.2, -0.15) is 5.10 Å². The molecule has 0 bridgehead atoms. The third kappa shape index (κ3) is 3.41. The van der Waals surface area contributed by atoms with E-state index in [1.165, 1.54) is 12.8 Å². The Hall–Kier alpha value is -0.170. The van der Waals surface area contributed by atoms with Gasteiger partial charge in [0.2, 0.25) is 0 Å². The average molecular weight is 323 g/mol. The zero-order valence-corrected chi connectivity index (χ0v) is 10.7. The minimum atomic E-state index is -0.807. The monoisotopic (exact) mass is 323 g/mol. The third-order valence-electron chi connectivity index (χ3n) is 2.64. The van der Waals surface area contributed by atoms with Crippen molar-refractivity contribution in [2.45, 2.75) is 25.6 Å². The molecule has 0 aromatic carbocycles. The Morgan fingerprint density at radius 1 is 1.40 bits per heavy atom. The number of hydrogen-bond donors (Lipinski definition) is 0. The molecule has 3 nitrogen and oxygen atoms in total. The molecule has 0 saturated carbocycles. The summed E-state index contributed by atoms with van der Waals surface area (Å²) in [6.07, 6.45) is 5.25. The van der Waals surface area contributed by atoms with E-state index in [2.05, 4.69) is 32.6 Å². The maximum Gasteiger partial charge on any atom is 0.132 e. The van der Waals surface area contributed by atoms with Crippen LogP contribution in [0.25, 0.3) is 0 Å². The van der Waals surface area contributed by atoms with Crippen molar-refractivity contribution in [3.05, 3.63) is 16.0 Å². The fourth-order valence-corrected chi connectivity index (χ4v) is 2.39. The molecule has 15 heavy (non-hydrogen) atoms. The molecule has 2 rings (SSSR count). The van der Waals surface area contributed by atoms with E-state index >= 15 is 0 Å². The quantitative estimate of drug-likeness (QED) is 0.790. The predicted molar refractivity (Wildman–Crippen MR) is 65.5 cm³/mol. The van der Waals surface area contributed by atoms with Crippen LogP contribution in [0.4, 0.5) is 4.39 Å². The van der Waals surface area contributed by atoms with Gasteiger partial charge in [0.1, 0.15) is 6.17 Å². The van der Waals surface area contributed by atoms with Crippen molar-refractivity contribution in [3.8, 4) is 0 Å². The number of likely N-dealkylation sites (tertiary alicyclic amines) is 1. The Morgan fingerprint density at radius 3 is 2.73 bits per heavy atom. The number of halogens is 2. The number of rotatable bonds is 4. The molecule has 0 aliphatic carbocycles. The van der Waals surface area contributed by atoms with Crippen LogP contribution in [0.1, 0.15) is 12.8 Å². The summed E-state index contributed by atoms with van der Waals surface area (Å²) < 4.78 is 16.4. The lowest BCUT2D eigenvalue weighted by molar-refractivity contribution is 0.197. The second kappa shape index (κ2) is 5.25. The van der Waals surface area contributed by atoms with E-state index in [0.717, 1.165) is 16.7 Å². The van der Waals surface area contributed by atoms with Crippen LogP contribution in [0.3, 0.4) is 0 Å². The molecule has 84 valence electrons. The van der Waals surface area contributed by atoms with Crippen molar-refractivity contribution in [2.24, 2.45) is 0 Å². The lowest BCUT2D eigenvalue weighted by Crippen LogP contribution is -2.30. The molecular formula is C10H15FIN3. The van der Waals surface area contributed by atoms with E-state index in [0.29, 0.717) is 13.1 Å². The van der Waals surface area contributed by atoms with E-state index < -0.39 is 6.17 Å². The van der Waals surface area contributed by atoms with Gasteiger partial charge in [0.05, 0.1) is 16.3 Å². The van der Waals surface area contributed by atoms with Crippen LogP contribution in [0, 0.1) is 3.57 Å². The van der Waals surface area contributed by atoms with Crippen molar-refractivity contribution in [2.75, 3.05) is 19.6 Å². The Bertz CT molecular complexity index is 309. The lowest BCUT2D eigenvalue weighted by atomic mass is 10.3. The van der Waals surface area contributed by atoms with Gasteiger partial charge in [0, 0.05) is 12.7 Å². The van der Waals surface area contributed by atoms with Gasteiger partial charge in [-0.3, -0.25) is 4.68 Å². The molecular weight excluding hydrogens is 308 g/mol. The summed E-state index contributed by atoms with van der Waals surface area (Å²) in [6, 6.07) is 0. The Balaban J connectivity index is 1.78. The van der Waals surface area contributed by atoms with Crippen LogP contribution >= 0.6 is 22.6 Å². The van der Waals surface area contributed by atoms with Gasteiger partial charge in [0.25, 0.3) is 0 Å². The van der Waals surface area contributed by atoms with Gasteiger partial charge < -0.3 is 4.90 Å². The highest BCUT2D eigenvalue weighted by molar-refractivity contribution is 14.1. The van der Waals surface area contributed by atoms with Crippen LogP contribution in [-0.2, 0) is 6.54 Å². The SMILES string of the molecule is FC(CN1CCCC1)Cn1cc(I)cn1. The van der Waals surface area contributed by atoms with Crippen LogP contribution < -0.4 is 0 Å². The highest BCUT2D eigenvalue weighted by Gasteiger charge is 2.17. The second-order valence-electron chi connectivity index (χ2n) is 3.99. The first-order valence-electron chi connectivity index (χ1n) is 5.28. The molecule has 1 atom stereocenters. The first-order chi connectivity index (χ1) is 7.24. The highest BCUT2D eigenvalue weighted by atomic mass is 127. The van der Waals surface area contributed by atoms with Crippen LogP contribution in [0.15, 0.2) is 12.4 Å². The molecule has 1 aliphatic heterocycles. The summed E-state index contributed by atoms with van der Waals surface area (Å²) in [7, 11) is 0. The molecule has 1 saturated heterocycles. The summed E-state index contributed by atoms with van der Waals surface area (Å²) in [5, 5.41) is 4.08. The third-order valence-corrected chi connectivity index (χ3v) is 3.20. The zero-order valence-electron chi connectivity index (χ0n) is 8.57. The molecule has 1 aromatic heterocycles. The lowest BCUT2D eigenvalue weighted by Gasteiger charge is -2.17. The zero-order chi connectivity index (χ0) is 10.7. The highest BCUT2D eigenvalue weighted by Crippen LogP contribution is 2.10. The normalized spacial score (nSPS) is 19.6. The van der Waals surface area contributed by atoms with Crippen molar-refractivity contribution >= 4 is 22.6 Å². The maximum absolute atomic E-state index is 13.6. The molecule has 1 aromatic rings. The van der Waals surface area contributed by atoms with Crippen LogP contribution in [-0.4, -0.2) is 40.5 Å². The van der Waals surface area contributed by atoms with Crippen LogP contribution in [0.2, 0.25) is 0 Å². The van der Waals surface area contributed by atoms with Gasteiger partial charge in [0.15, 0.2) is 0 Å². The number of nitrogens with zero attached hydrogens (tertiary/aromatic N) is 3. The van der Waals surface area contributed by atoms with Gasteiger partial charge >= 0.3 is 0 Å². The molecule has 5 heteroatoms. The molecule has 0 amide bonds. The first kappa shape index (κ1) is 11.3. The molecule has 2 heterocycles. The van der Waals surface area contributed by atoms with Gasteiger partial charge in [-0.25, -0.2) is 4.39 Å².